The number of aliphatic hydroxyl groups is 1. The number of amides is 2. The molecule has 90 valence electrons. The molecule has 0 atom stereocenters. The Bertz CT molecular complexity index is 285. The van der Waals surface area contributed by atoms with Crippen LogP contribution in [0.3, 0.4) is 0 Å². The van der Waals surface area contributed by atoms with Crippen LogP contribution in [0.1, 0.15) is 25.7 Å². The van der Waals surface area contributed by atoms with Crippen molar-refractivity contribution in [2.24, 2.45) is 0 Å². The van der Waals surface area contributed by atoms with E-state index in [1.807, 2.05) is 4.90 Å². The number of rotatable bonds is 2. The average Bonchev–Trinajstić information content (AvgIpc) is 2.68. The van der Waals surface area contributed by atoms with Crippen LogP contribution < -0.4 is 0 Å². The summed E-state index contributed by atoms with van der Waals surface area (Å²) >= 11 is 0. The lowest BCUT2D eigenvalue weighted by molar-refractivity contribution is -0.142. The Morgan fingerprint density at radius 1 is 1.31 bits per heavy atom. The SMILES string of the molecule is O=C1CCCN1C(=O)CN1CCC(O)CC1. The molecule has 5 heteroatoms. The number of nitrogens with zero attached hydrogens (tertiary/aromatic N) is 2. The number of imide groups is 1. The van der Waals surface area contributed by atoms with E-state index < -0.39 is 0 Å². The first-order chi connectivity index (χ1) is 7.66. The molecule has 0 aromatic carbocycles. The molecule has 0 radical (unpaired) electrons. The standard InChI is InChI=1S/C11H18N2O3/c14-9-3-6-12(7-4-9)8-11(16)13-5-1-2-10(13)15/h9,14H,1-8H2. The van der Waals surface area contributed by atoms with E-state index in [1.165, 1.54) is 4.90 Å². The van der Waals surface area contributed by atoms with E-state index in [4.69, 9.17) is 0 Å². The lowest BCUT2D eigenvalue weighted by Gasteiger charge is -2.29. The van der Waals surface area contributed by atoms with Crippen LogP contribution in [0, 0.1) is 0 Å². The van der Waals surface area contributed by atoms with Crippen molar-refractivity contribution in [3.05, 3.63) is 0 Å². The fourth-order valence-corrected chi connectivity index (χ4v) is 2.27. The molecule has 0 spiro atoms. The van der Waals surface area contributed by atoms with Crippen molar-refractivity contribution in [3.63, 3.8) is 0 Å². The summed E-state index contributed by atoms with van der Waals surface area (Å²) in [7, 11) is 0. The van der Waals surface area contributed by atoms with Gasteiger partial charge in [-0.3, -0.25) is 19.4 Å². The lowest BCUT2D eigenvalue weighted by atomic mass is 10.1. The second-order valence-corrected chi connectivity index (χ2v) is 4.55. The van der Waals surface area contributed by atoms with Gasteiger partial charge in [0.25, 0.3) is 0 Å². The molecule has 0 aromatic rings. The summed E-state index contributed by atoms with van der Waals surface area (Å²) in [5, 5.41) is 9.34. The summed E-state index contributed by atoms with van der Waals surface area (Å²) in [4.78, 5) is 26.5. The number of aliphatic hydroxyl groups excluding tert-OH is 1. The van der Waals surface area contributed by atoms with Crippen molar-refractivity contribution in [1.29, 1.82) is 0 Å². The third-order valence-electron chi connectivity index (χ3n) is 3.29. The van der Waals surface area contributed by atoms with E-state index >= 15 is 0 Å². The normalized spacial score (nSPS) is 24.1. The zero-order valence-corrected chi connectivity index (χ0v) is 9.39. The average molecular weight is 226 g/mol. The van der Waals surface area contributed by atoms with Gasteiger partial charge in [-0.05, 0) is 19.3 Å². The molecule has 5 nitrogen and oxygen atoms in total. The van der Waals surface area contributed by atoms with Crippen LogP contribution in [0.4, 0.5) is 0 Å². The molecular formula is C11H18N2O3. The van der Waals surface area contributed by atoms with Gasteiger partial charge in [0, 0.05) is 26.1 Å². The van der Waals surface area contributed by atoms with Gasteiger partial charge in [-0.2, -0.15) is 0 Å². The third-order valence-corrected chi connectivity index (χ3v) is 3.29. The Morgan fingerprint density at radius 3 is 2.56 bits per heavy atom. The highest BCUT2D eigenvalue weighted by atomic mass is 16.3. The molecule has 2 saturated heterocycles. The molecule has 0 saturated carbocycles. The molecule has 2 rings (SSSR count). The van der Waals surface area contributed by atoms with Gasteiger partial charge >= 0.3 is 0 Å². The van der Waals surface area contributed by atoms with E-state index in [0.717, 1.165) is 32.4 Å². The molecule has 0 unspecified atom stereocenters. The van der Waals surface area contributed by atoms with Gasteiger partial charge in [-0.1, -0.05) is 0 Å². The van der Waals surface area contributed by atoms with Crippen LogP contribution >= 0.6 is 0 Å². The first-order valence-electron chi connectivity index (χ1n) is 5.90. The van der Waals surface area contributed by atoms with E-state index in [9.17, 15) is 14.7 Å². The lowest BCUT2D eigenvalue weighted by Crippen LogP contribution is -2.44. The maximum Gasteiger partial charge on any atom is 0.243 e. The Morgan fingerprint density at radius 2 is 2.00 bits per heavy atom. The van der Waals surface area contributed by atoms with E-state index in [-0.39, 0.29) is 17.9 Å². The quantitative estimate of drug-likeness (QED) is 0.695. The predicted molar refractivity (Wildman–Crippen MR) is 57.6 cm³/mol. The highest BCUT2D eigenvalue weighted by molar-refractivity contribution is 5.97. The second kappa shape index (κ2) is 4.93. The number of carbonyl (C=O) groups is 2. The maximum atomic E-state index is 11.8. The summed E-state index contributed by atoms with van der Waals surface area (Å²) in [5.74, 6) is -0.124. The Balaban J connectivity index is 1.81. The molecule has 2 amide bonds. The zero-order chi connectivity index (χ0) is 11.5. The third kappa shape index (κ3) is 2.59. The fourth-order valence-electron chi connectivity index (χ4n) is 2.27. The molecule has 2 aliphatic heterocycles. The Kier molecular flexibility index (Phi) is 3.56. The van der Waals surface area contributed by atoms with Crippen molar-refractivity contribution >= 4 is 11.8 Å². The van der Waals surface area contributed by atoms with Crippen molar-refractivity contribution in [3.8, 4) is 0 Å². The first-order valence-corrected chi connectivity index (χ1v) is 5.90. The van der Waals surface area contributed by atoms with Gasteiger partial charge < -0.3 is 5.11 Å². The fraction of sp³-hybridized carbons (Fsp3) is 0.818. The number of hydrogen-bond donors (Lipinski definition) is 1. The van der Waals surface area contributed by atoms with Crippen molar-refractivity contribution in [2.75, 3.05) is 26.2 Å². The Hall–Kier alpha value is -0.940. The van der Waals surface area contributed by atoms with Gasteiger partial charge in [0.2, 0.25) is 11.8 Å². The highest BCUT2D eigenvalue weighted by Crippen LogP contribution is 2.13. The zero-order valence-electron chi connectivity index (χ0n) is 9.39. The Labute approximate surface area is 95.0 Å². The first kappa shape index (κ1) is 11.5. The minimum Gasteiger partial charge on any atom is -0.393 e. The van der Waals surface area contributed by atoms with Gasteiger partial charge in [-0.25, -0.2) is 0 Å². The van der Waals surface area contributed by atoms with Crippen LogP contribution in [-0.2, 0) is 9.59 Å². The smallest absolute Gasteiger partial charge is 0.243 e. The van der Waals surface area contributed by atoms with E-state index in [0.29, 0.717) is 19.5 Å². The summed E-state index contributed by atoms with van der Waals surface area (Å²) in [5.41, 5.74) is 0. The summed E-state index contributed by atoms with van der Waals surface area (Å²) in [6.45, 7) is 2.39. The van der Waals surface area contributed by atoms with Crippen molar-refractivity contribution < 1.29 is 14.7 Å². The van der Waals surface area contributed by atoms with Crippen molar-refractivity contribution in [2.45, 2.75) is 31.8 Å². The van der Waals surface area contributed by atoms with Gasteiger partial charge in [0.1, 0.15) is 0 Å². The van der Waals surface area contributed by atoms with Gasteiger partial charge in [-0.15, -0.1) is 0 Å². The second-order valence-electron chi connectivity index (χ2n) is 4.55. The molecule has 0 bridgehead atoms. The molecule has 2 aliphatic rings. The topological polar surface area (TPSA) is 60.9 Å². The number of piperidine rings is 1. The highest BCUT2D eigenvalue weighted by Gasteiger charge is 2.28. The molecule has 16 heavy (non-hydrogen) atoms. The van der Waals surface area contributed by atoms with Gasteiger partial charge in [0.15, 0.2) is 0 Å². The van der Waals surface area contributed by atoms with Crippen LogP contribution in [0.15, 0.2) is 0 Å². The minimum atomic E-state index is -0.222. The van der Waals surface area contributed by atoms with E-state index in [2.05, 4.69) is 0 Å². The number of hydrogen-bond acceptors (Lipinski definition) is 4. The van der Waals surface area contributed by atoms with E-state index in [1.54, 1.807) is 0 Å². The molecule has 2 heterocycles. The van der Waals surface area contributed by atoms with Crippen molar-refractivity contribution in [1.82, 2.24) is 9.80 Å². The van der Waals surface area contributed by atoms with Crippen LogP contribution in [0.25, 0.3) is 0 Å². The molecular weight excluding hydrogens is 208 g/mol. The summed E-state index contributed by atoms with van der Waals surface area (Å²) < 4.78 is 0. The molecule has 0 aliphatic carbocycles. The van der Waals surface area contributed by atoms with Crippen LogP contribution in [-0.4, -0.2) is 59.0 Å². The molecule has 1 N–H and O–H groups in total. The predicted octanol–water partition coefficient (Wildman–Crippen LogP) is -0.408. The molecule has 0 aromatic heterocycles. The van der Waals surface area contributed by atoms with Crippen LogP contribution in [0.2, 0.25) is 0 Å². The number of carbonyl (C=O) groups excluding carboxylic acids is 2. The summed E-state index contributed by atoms with van der Waals surface area (Å²) in [6.07, 6.45) is 2.52. The minimum absolute atomic E-state index is 0.0398. The van der Waals surface area contributed by atoms with Gasteiger partial charge in [0.05, 0.1) is 12.6 Å². The largest absolute Gasteiger partial charge is 0.393 e. The summed E-state index contributed by atoms with van der Waals surface area (Å²) in [6, 6.07) is 0. The maximum absolute atomic E-state index is 11.8. The van der Waals surface area contributed by atoms with Crippen LogP contribution in [0.5, 0.6) is 0 Å². The molecule has 2 fully saturated rings. The number of likely N-dealkylation sites (tertiary alicyclic amines) is 2. The monoisotopic (exact) mass is 226 g/mol.